The number of Topliss-reactive ketones (excluding diaryl/α,β-unsaturated/α-hetero) is 1. The number of carboxylic acid groups (broad SMARTS) is 1. The Bertz CT molecular complexity index is 1120. The van der Waals surface area contributed by atoms with E-state index in [-0.39, 0.29) is 54.0 Å². The molecular weight excluding hydrogens is 744 g/mol. The minimum atomic E-state index is -1.26. The molecule has 0 aliphatic heterocycles. The number of methoxy groups -OCH3 is 1. The van der Waals surface area contributed by atoms with E-state index in [1.165, 1.54) is 90.6 Å². The fraction of sp³-hybridized carbons (Fsp3) is 0.723. The SMILES string of the molecule is CC(O)CCCC/C=C\CCCCCCC/C=C\CCCC(=O)NCC(=O)[O-].COC(=O)CNC(=O)CCC/C=C\CCCCCCC/C=C\CCCCC(C)=O.[Na+]. The number of nitrogens with one attached hydrogen (secondary N) is 2. The Morgan fingerprint density at radius 2 is 0.845 bits per heavy atom. The molecule has 0 spiro atoms. The van der Waals surface area contributed by atoms with Gasteiger partial charge in [-0.05, 0) is 129 Å². The molecule has 0 aromatic carbocycles. The predicted octanol–water partition coefficient (Wildman–Crippen LogP) is 6.25. The van der Waals surface area contributed by atoms with Crippen LogP contribution in [0.3, 0.4) is 0 Å². The van der Waals surface area contributed by atoms with Gasteiger partial charge in [0.25, 0.3) is 0 Å². The zero-order chi connectivity index (χ0) is 42.5. The molecular formula is C47H81N2NaO8. The second kappa shape index (κ2) is 48.8. The fourth-order valence-electron chi connectivity index (χ4n) is 5.74. The zero-order valence-corrected chi connectivity index (χ0v) is 39.2. The maximum atomic E-state index is 11.5. The van der Waals surface area contributed by atoms with Crippen molar-refractivity contribution in [3.63, 3.8) is 0 Å². The van der Waals surface area contributed by atoms with Crippen molar-refractivity contribution in [3.8, 4) is 0 Å². The van der Waals surface area contributed by atoms with Crippen LogP contribution in [-0.4, -0.2) is 60.9 Å². The Hall–Kier alpha value is -2.53. The number of hydrogen-bond acceptors (Lipinski definition) is 8. The van der Waals surface area contributed by atoms with Crippen molar-refractivity contribution in [1.82, 2.24) is 10.6 Å². The number of aliphatic hydroxyl groups excluding tert-OH is 1. The van der Waals surface area contributed by atoms with Gasteiger partial charge in [0, 0.05) is 19.3 Å². The van der Waals surface area contributed by atoms with Crippen molar-refractivity contribution in [2.24, 2.45) is 0 Å². The first-order chi connectivity index (χ1) is 27.6. The van der Waals surface area contributed by atoms with E-state index in [1.807, 2.05) is 6.92 Å². The number of ether oxygens (including phenoxy) is 1. The van der Waals surface area contributed by atoms with E-state index >= 15 is 0 Å². The molecule has 1 unspecified atom stereocenters. The van der Waals surface area contributed by atoms with E-state index in [0.717, 1.165) is 83.5 Å². The van der Waals surface area contributed by atoms with Crippen molar-refractivity contribution in [2.45, 2.75) is 200 Å². The number of ketones is 1. The first kappa shape index (κ1) is 59.8. The van der Waals surface area contributed by atoms with E-state index in [1.54, 1.807) is 6.92 Å². The number of unbranched alkanes of at least 4 members (excludes halogenated alkanes) is 18. The Morgan fingerprint density at radius 3 is 1.19 bits per heavy atom. The molecule has 3 N–H and O–H groups in total. The maximum absolute atomic E-state index is 11.5. The van der Waals surface area contributed by atoms with Crippen LogP contribution >= 0.6 is 0 Å². The summed E-state index contributed by atoms with van der Waals surface area (Å²) in [4.78, 5) is 54.7. The first-order valence-corrected chi connectivity index (χ1v) is 22.2. The third kappa shape index (κ3) is 55.6. The number of aliphatic carboxylic acids is 1. The number of aliphatic hydroxyl groups is 1. The van der Waals surface area contributed by atoms with E-state index < -0.39 is 18.5 Å². The number of hydrogen-bond donors (Lipinski definition) is 3. The van der Waals surface area contributed by atoms with E-state index in [0.29, 0.717) is 18.6 Å². The van der Waals surface area contributed by atoms with E-state index in [2.05, 4.69) is 64.0 Å². The van der Waals surface area contributed by atoms with E-state index in [9.17, 15) is 34.2 Å². The molecule has 0 bridgehead atoms. The fourth-order valence-corrected chi connectivity index (χ4v) is 5.74. The predicted molar refractivity (Wildman–Crippen MR) is 231 cm³/mol. The largest absolute Gasteiger partial charge is 1.00 e. The van der Waals surface area contributed by atoms with Crippen molar-refractivity contribution < 1.29 is 68.5 Å². The third-order valence-electron chi connectivity index (χ3n) is 9.18. The van der Waals surface area contributed by atoms with Gasteiger partial charge in [-0.1, -0.05) is 93.6 Å². The first-order valence-electron chi connectivity index (χ1n) is 22.2. The molecule has 0 saturated carbocycles. The summed E-state index contributed by atoms with van der Waals surface area (Å²) < 4.78 is 4.47. The molecule has 328 valence electrons. The average molecular weight is 825 g/mol. The van der Waals surface area contributed by atoms with Gasteiger partial charge in [-0.15, -0.1) is 0 Å². The summed E-state index contributed by atoms with van der Waals surface area (Å²) in [5.41, 5.74) is 0. The Morgan fingerprint density at radius 1 is 0.517 bits per heavy atom. The monoisotopic (exact) mass is 825 g/mol. The molecule has 0 aliphatic rings. The average Bonchev–Trinajstić information content (AvgIpc) is 3.18. The van der Waals surface area contributed by atoms with Gasteiger partial charge in [0.2, 0.25) is 11.8 Å². The van der Waals surface area contributed by atoms with Crippen LogP contribution in [0.1, 0.15) is 194 Å². The van der Waals surface area contributed by atoms with Crippen LogP contribution < -0.4 is 45.3 Å². The summed E-state index contributed by atoms with van der Waals surface area (Å²) in [7, 11) is 1.31. The quantitative estimate of drug-likeness (QED) is 0.0285. The van der Waals surface area contributed by atoms with Gasteiger partial charge in [-0.25, -0.2) is 0 Å². The number of allylic oxidation sites excluding steroid dienone is 8. The molecule has 0 rings (SSSR count). The summed E-state index contributed by atoms with van der Waals surface area (Å²) in [6, 6.07) is 0. The van der Waals surface area contributed by atoms with Crippen molar-refractivity contribution >= 4 is 29.5 Å². The van der Waals surface area contributed by atoms with Crippen LogP contribution in [0.25, 0.3) is 0 Å². The van der Waals surface area contributed by atoms with Gasteiger partial charge >= 0.3 is 35.5 Å². The molecule has 0 aliphatic carbocycles. The van der Waals surface area contributed by atoms with Crippen LogP contribution in [0.4, 0.5) is 0 Å². The second-order valence-electron chi connectivity index (χ2n) is 14.9. The molecule has 1 atom stereocenters. The second-order valence-corrected chi connectivity index (χ2v) is 14.9. The van der Waals surface area contributed by atoms with Crippen LogP contribution in [0.15, 0.2) is 48.6 Å². The number of esters is 1. The van der Waals surface area contributed by atoms with Crippen LogP contribution in [0, 0.1) is 0 Å². The molecule has 11 heteroatoms. The van der Waals surface area contributed by atoms with Gasteiger partial charge in [0.15, 0.2) is 0 Å². The topological polar surface area (TPSA) is 162 Å². The molecule has 0 aromatic rings. The number of carboxylic acids is 1. The van der Waals surface area contributed by atoms with Crippen molar-refractivity contribution in [3.05, 3.63) is 48.6 Å². The number of carbonyl (C=O) groups excluding carboxylic acids is 5. The summed E-state index contributed by atoms with van der Waals surface area (Å²) >= 11 is 0. The number of amides is 2. The molecule has 2 amide bonds. The van der Waals surface area contributed by atoms with Gasteiger partial charge in [0.05, 0.1) is 25.7 Å². The number of rotatable bonds is 38. The van der Waals surface area contributed by atoms with Crippen LogP contribution in [0.5, 0.6) is 0 Å². The zero-order valence-electron chi connectivity index (χ0n) is 37.2. The Kier molecular flexibility index (Phi) is 50.3. The summed E-state index contributed by atoms with van der Waals surface area (Å²) in [6.45, 7) is 3.05. The Balaban J connectivity index is -0.00000103. The smallest absolute Gasteiger partial charge is 0.548 e. The van der Waals surface area contributed by atoms with Gasteiger partial charge in [-0.3, -0.25) is 14.4 Å². The third-order valence-corrected chi connectivity index (χ3v) is 9.18. The van der Waals surface area contributed by atoms with Crippen molar-refractivity contribution in [2.75, 3.05) is 20.2 Å². The number of carbonyl (C=O) groups is 5. The molecule has 10 nitrogen and oxygen atoms in total. The summed E-state index contributed by atoms with van der Waals surface area (Å²) in [5, 5.41) is 24.2. The minimum Gasteiger partial charge on any atom is -0.548 e. The van der Waals surface area contributed by atoms with Crippen molar-refractivity contribution in [1.29, 1.82) is 0 Å². The molecule has 0 aromatic heterocycles. The van der Waals surface area contributed by atoms with Gasteiger partial charge < -0.3 is 35.2 Å². The summed E-state index contributed by atoms with van der Waals surface area (Å²) in [6.07, 6.45) is 47.1. The van der Waals surface area contributed by atoms with Gasteiger partial charge in [0.1, 0.15) is 12.3 Å². The van der Waals surface area contributed by atoms with Crippen LogP contribution in [-0.2, 0) is 28.7 Å². The molecule has 0 saturated heterocycles. The standard InChI is InChI=1S/C24H41NO4.C23H41NO4.Na/c1-22(26)19-17-15-13-11-9-7-5-3-4-6-8-10-12-14-16-18-20-23(27)25-21-24(28)29-2;1-21(25)18-16-14-12-10-8-6-4-2-3-5-7-9-11-13-15-17-19-22(26)24-20-23(27)28;/h9,11-12,14H,3-8,10,13,15-21H2,1-2H3,(H,25,27);8,10-11,13,21,25H,2-7,9,12,14-20H2,1H3,(H,24,26)(H,27,28);/q;;+1/p-1/b11-9-,14-12-;10-8-,13-11-;. The maximum Gasteiger partial charge on any atom is 1.00 e. The normalized spacial score (nSPS) is 11.7. The van der Waals surface area contributed by atoms with Gasteiger partial charge in [-0.2, -0.15) is 0 Å². The molecule has 0 heterocycles. The molecule has 0 radical (unpaired) electrons. The molecule has 0 fully saturated rings. The minimum absolute atomic E-state index is 0. The van der Waals surface area contributed by atoms with Crippen LogP contribution in [0.2, 0.25) is 0 Å². The molecule has 58 heavy (non-hydrogen) atoms. The summed E-state index contributed by atoms with van der Waals surface area (Å²) in [5.74, 6) is -1.73. The Labute approximate surface area is 375 Å². The van der Waals surface area contributed by atoms with E-state index in [4.69, 9.17) is 0 Å².